The molecule has 3 rings (SSSR count). The van der Waals surface area contributed by atoms with E-state index in [1.807, 2.05) is 0 Å². The van der Waals surface area contributed by atoms with Crippen LogP contribution in [0.25, 0.3) is 0 Å². The van der Waals surface area contributed by atoms with Crippen LogP contribution in [0.4, 0.5) is 0 Å². The second kappa shape index (κ2) is 9.70. The Balaban J connectivity index is 1.63. The van der Waals surface area contributed by atoms with Crippen LogP contribution in [-0.2, 0) is 9.59 Å². The van der Waals surface area contributed by atoms with Crippen molar-refractivity contribution < 1.29 is 9.59 Å². The van der Waals surface area contributed by atoms with Crippen molar-refractivity contribution in [1.82, 2.24) is 10.6 Å². The molecular weight excluding hydrogens is 551 g/mol. The minimum absolute atomic E-state index is 0.135. The standard InChI is InChI=1S/C22H17Cl6N3O2/c1-10(3-4-13(23)11(2)19(32)31-21(9-29)5-6-21)30-20(33)17-16(22(17,27)28)12-7-14(24)18(26)15(25)8-12/h3-4,7-8,16-17H,1,5-6H2,2H3,(H,30,33)(H,31,32)/b4-3-,13-11-. The lowest BCUT2D eigenvalue weighted by molar-refractivity contribution is -0.121. The van der Waals surface area contributed by atoms with Crippen molar-refractivity contribution in [1.29, 1.82) is 5.26 Å². The lowest BCUT2D eigenvalue weighted by Crippen LogP contribution is -2.36. The van der Waals surface area contributed by atoms with Crippen molar-refractivity contribution in [3.05, 3.63) is 67.8 Å². The van der Waals surface area contributed by atoms with E-state index in [1.165, 1.54) is 19.1 Å². The van der Waals surface area contributed by atoms with Gasteiger partial charge in [0.1, 0.15) is 9.87 Å². The van der Waals surface area contributed by atoms with E-state index in [-0.39, 0.29) is 31.4 Å². The van der Waals surface area contributed by atoms with Crippen LogP contribution in [0.1, 0.15) is 31.2 Å². The van der Waals surface area contributed by atoms with E-state index in [0.29, 0.717) is 18.4 Å². The van der Waals surface area contributed by atoms with Gasteiger partial charge in [-0.3, -0.25) is 9.59 Å². The number of alkyl halides is 2. The maximum atomic E-state index is 12.7. The highest BCUT2D eigenvalue weighted by molar-refractivity contribution is 6.53. The number of hydrogen-bond donors (Lipinski definition) is 2. The Hall–Kier alpha value is -1.39. The van der Waals surface area contributed by atoms with Crippen LogP contribution >= 0.6 is 69.6 Å². The lowest BCUT2D eigenvalue weighted by atomic mass is 10.1. The summed E-state index contributed by atoms with van der Waals surface area (Å²) in [7, 11) is 0. The molecule has 2 saturated carbocycles. The molecule has 0 spiro atoms. The summed E-state index contributed by atoms with van der Waals surface area (Å²) in [6.07, 6.45) is 4.07. The fraction of sp³-hybridized carbons (Fsp3) is 0.318. The summed E-state index contributed by atoms with van der Waals surface area (Å²) < 4.78 is -1.36. The largest absolute Gasteiger partial charge is 0.334 e. The molecular formula is C22H17Cl6N3O2. The zero-order chi connectivity index (χ0) is 24.7. The van der Waals surface area contributed by atoms with Gasteiger partial charge in [0.25, 0.3) is 0 Å². The zero-order valence-corrected chi connectivity index (χ0v) is 21.7. The average Bonchev–Trinajstić information content (AvgIpc) is 3.64. The van der Waals surface area contributed by atoms with Crippen LogP contribution in [0.5, 0.6) is 0 Å². The van der Waals surface area contributed by atoms with Gasteiger partial charge in [0.2, 0.25) is 11.8 Å². The summed E-state index contributed by atoms with van der Waals surface area (Å²) >= 11 is 37.0. The van der Waals surface area contributed by atoms with Gasteiger partial charge in [-0.25, -0.2) is 0 Å². The Bertz CT molecular complexity index is 1120. The zero-order valence-electron chi connectivity index (χ0n) is 17.1. The molecule has 2 N–H and O–H groups in total. The number of nitrogens with zero attached hydrogens (tertiary/aromatic N) is 1. The fourth-order valence-corrected chi connectivity index (χ4v) is 4.80. The first-order valence-corrected chi connectivity index (χ1v) is 11.9. The molecule has 2 aliphatic rings. The lowest BCUT2D eigenvalue weighted by Gasteiger charge is -2.10. The van der Waals surface area contributed by atoms with Crippen LogP contribution in [0, 0.1) is 17.2 Å². The predicted molar refractivity (Wildman–Crippen MR) is 133 cm³/mol. The van der Waals surface area contributed by atoms with Gasteiger partial charge in [-0.1, -0.05) is 53.0 Å². The molecule has 0 radical (unpaired) electrons. The van der Waals surface area contributed by atoms with Gasteiger partial charge in [-0.05, 0) is 49.6 Å². The summed E-state index contributed by atoms with van der Waals surface area (Å²) in [5.41, 5.74) is 0.224. The van der Waals surface area contributed by atoms with E-state index in [1.54, 1.807) is 12.1 Å². The maximum absolute atomic E-state index is 12.7. The molecule has 0 heterocycles. The Labute approximate surface area is 221 Å². The molecule has 2 unspecified atom stereocenters. The molecule has 0 bridgehead atoms. The molecule has 0 aliphatic heterocycles. The summed E-state index contributed by atoms with van der Waals surface area (Å²) in [6, 6.07) is 5.21. The third kappa shape index (κ3) is 5.65. The smallest absolute Gasteiger partial charge is 0.249 e. The van der Waals surface area contributed by atoms with E-state index in [0.717, 1.165) is 0 Å². The molecule has 2 fully saturated rings. The molecule has 2 amide bonds. The average molecular weight is 568 g/mol. The van der Waals surface area contributed by atoms with Crippen LogP contribution in [-0.4, -0.2) is 21.7 Å². The number of allylic oxidation sites excluding steroid dienone is 3. The number of carbonyl (C=O) groups is 2. The third-order valence-electron chi connectivity index (χ3n) is 5.43. The fourth-order valence-electron chi connectivity index (χ4n) is 3.21. The van der Waals surface area contributed by atoms with Gasteiger partial charge < -0.3 is 10.6 Å². The second-order valence-electron chi connectivity index (χ2n) is 7.90. The third-order valence-corrected chi connectivity index (χ3v) is 7.98. The molecule has 0 aromatic heterocycles. The molecule has 33 heavy (non-hydrogen) atoms. The van der Waals surface area contributed by atoms with Gasteiger partial charge in [0, 0.05) is 22.2 Å². The van der Waals surface area contributed by atoms with Crippen LogP contribution < -0.4 is 10.6 Å². The molecule has 5 nitrogen and oxygen atoms in total. The normalized spacial score (nSPS) is 22.7. The number of nitriles is 1. The first kappa shape index (κ1) is 26.2. The Kier molecular flexibility index (Phi) is 7.70. The minimum Gasteiger partial charge on any atom is -0.334 e. The minimum atomic E-state index is -1.36. The van der Waals surface area contributed by atoms with Crippen molar-refractivity contribution in [2.45, 2.75) is 35.6 Å². The van der Waals surface area contributed by atoms with Gasteiger partial charge in [0.05, 0.1) is 27.1 Å². The summed E-state index contributed by atoms with van der Waals surface area (Å²) in [5, 5.41) is 15.1. The molecule has 2 aliphatic carbocycles. The van der Waals surface area contributed by atoms with E-state index >= 15 is 0 Å². The van der Waals surface area contributed by atoms with E-state index in [4.69, 9.17) is 74.9 Å². The van der Waals surface area contributed by atoms with Crippen LogP contribution in [0.15, 0.2) is 47.2 Å². The molecule has 1 aromatic carbocycles. The highest BCUT2D eigenvalue weighted by atomic mass is 35.5. The highest BCUT2D eigenvalue weighted by Gasteiger charge is 2.67. The topological polar surface area (TPSA) is 82.0 Å². The predicted octanol–water partition coefficient (Wildman–Crippen LogP) is 6.41. The summed E-state index contributed by atoms with van der Waals surface area (Å²) in [6.45, 7) is 5.29. The maximum Gasteiger partial charge on any atom is 0.249 e. The number of nitrogens with one attached hydrogen (secondary N) is 2. The van der Waals surface area contributed by atoms with Crippen LogP contribution in [0.3, 0.4) is 0 Å². The quantitative estimate of drug-likeness (QED) is 0.173. The second-order valence-corrected chi connectivity index (χ2v) is 10.9. The highest BCUT2D eigenvalue weighted by Crippen LogP contribution is 2.65. The van der Waals surface area contributed by atoms with Crippen molar-refractivity contribution in [2.24, 2.45) is 5.92 Å². The monoisotopic (exact) mass is 565 g/mol. The summed E-state index contributed by atoms with van der Waals surface area (Å²) in [5.74, 6) is -2.22. The Morgan fingerprint density at radius 1 is 1.18 bits per heavy atom. The Morgan fingerprint density at radius 3 is 2.27 bits per heavy atom. The van der Waals surface area contributed by atoms with Gasteiger partial charge in [0.15, 0.2) is 0 Å². The Morgan fingerprint density at radius 2 is 1.76 bits per heavy atom. The van der Waals surface area contributed by atoms with Crippen LogP contribution in [0.2, 0.25) is 15.1 Å². The summed E-state index contributed by atoms with van der Waals surface area (Å²) in [4.78, 5) is 25.0. The van der Waals surface area contributed by atoms with E-state index in [2.05, 4.69) is 23.3 Å². The van der Waals surface area contributed by atoms with Gasteiger partial charge in [-0.15, -0.1) is 23.2 Å². The molecule has 11 heteroatoms. The molecule has 1 aromatic rings. The molecule has 2 atom stereocenters. The van der Waals surface area contributed by atoms with Crippen molar-refractivity contribution in [3.63, 3.8) is 0 Å². The number of amides is 2. The number of halogens is 6. The van der Waals surface area contributed by atoms with Gasteiger partial charge in [-0.2, -0.15) is 5.26 Å². The molecule has 174 valence electrons. The molecule has 0 saturated heterocycles. The van der Waals surface area contributed by atoms with Crippen molar-refractivity contribution >= 4 is 81.4 Å². The number of hydrogen-bond acceptors (Lipinski definition) is 3. The number of carbonyl (C=O) groups excluding carboxylic acids is 2. The van der Waals surface area contributed by atoms with Gasteiger partial charge >= 0.3 is 0 Å². The van der Waals surface area contributed by atoms with E-state index in [9.17, 15) is 9.59 Å². The SMILES string of the molecule is C=C(/C=C\C(Cl)=C(/C)C(=O)NC1(C#N)CC1)NC(=O)C1C(c2cc(Cl)c(Cl)c(Cl)c2)C1(Cl)Cl. The first-order chi connectivity index (χ1) is 15.3. The number of benzene rings is 1. The van der Waals surface area contributed by atoms with E-state index < -0.39 is 33.5 Å². The first-order valence-electron chi connectivity index (χ1n) is 9.63. The van der Waals surface area contributed by atoms with Crippen molar-refractivity contribution in [2.75, 3.05) is 0 Å². The number of rotatable bonds is 7. The van der Waals surface area contributed by atoms with Crippen molar-refractivity contribution in [3.8, 4) is 6.07 Å².